The zero-order valence-corrected chi connectivity index (χ0v) is 15.2. The molecule has 0 saturated carbocycles. The standard InChI is InChI=1S/C20H23N5O/c1-13(2)15-8-10-17(11-9-15)21-20(26)18(19-22-24-25-23-19)12-16-7-5-4-6-14(16)3/h4-11,13,18H,12H2,1-3H3,(H2,21,22,23,24,25,26)/p-1/t18-/m0/s1. The molecule has 6 heteroatoms. The molecule has 0 unspecified atom stereocenters. The van der Waals surface area contributed by atoms with Gasteiger partial charge >= 0.3 is 0 Å². The lowest BCUT2D eigenvalue weighted by molar-refractivity contribution is -0.117. The number of anilines is 1. The van der Waals surface area contributed by atoms with E-state index < -0.39 is 5.92 Å². The first-order valence-corrected chi connectivity index (χ1v) is 8.68. The number of aromatic nitrogens is 4. The van der Waals surface area contributed by atoms with Crippen molar-refractivity contribution in [2.24, 2.45) is 0 Å². The zero-order valence-electron chi connectivity index (χ0n) is 15.2. The number of hydrogen-bond acceptors (Lipinski definition) is 4. The van der Waals surface area contributed by atoms with Crippen LogP contribution in [-0.2, 0) is 11.2 Å². The molecule has 0 bridgehead atoms. The molecule has 3 aromatic rings. The zero-order chi connectivity index (χ0) is 18.5. The van der Waals surface area contributed by atoms with Crippen molar-refractivity contribution in [1.29, 1.82) is 0 Å². The highest BCUT2D eigenvalue weighted by Crippen LogP contribution is 2.22. The Morgan fingerprint density at radius 2 is 1.85 bits per heavy atom. The van der Waals surface area contributed by atoms with E-state index in [4.69, 9.17) is 0 Å². The van der Waals surface area contributed by atoms with Crippen LogP contribution in [0.3, 0.4) is 0 Å². The van der Waals surface area contributed by atoms with Crippen LogP contribution in [-0.4, -0.2) is 21.4 Å². The van der Waals surface area contributed by atoms with Gasteiger partial charge in [-0.3, -0.25) is 15.1 Å². The molecule has 2 aromatic carbocycles. The summed E-state index contributed by atoms with van der Waals surface area (Å²) in [6, 6.07) is 15.9. The lowest BCUT2D eigenvalue weighted by atomic mass is 9.94. The SMILES string of the molecule is Cc1ccccc1C[C@H](C(=O)Nc1ccc(C(C)C)cc1)c1nnn[n-]1. The average molecular weight is 348 g/mol. The third-order valence-electron chi connectivity index (χ3n) is 4.49. The highest BCUT2D eigenvalue weighted by molar-refractivity contribution is 5.95. The van der Waals surface area contributed by atoms with E-state index in [-0.39, 0.29) is 5.91 Å². The number of hydrogen-bond donors (Lipinski definition) is 1. The van der Waals surface area contributed by atoms with Crippen LogP contribution in [0.15, 0.2) is 48.5 Å². The van der Waals surface area contributed by atoms with Gasteiger partial charge in [-0.2, -0.15) is 5.21 Å². The Labute approximate surface area is 153 Å². The Morgan fingerprint density at radius 1 is 1.12 bits per heavy atom. The molecule has 3 rings (SSSR count). The summed E-state index contributed by atoms with van der Waals surface area (Å²) in [7, 11) is 0. The largest absolute Gasteiger partial charge is 0.335 e. The van der Waals surface area contributed by atoms with Gasteiger partial charge in [0.05, 0.1) is 5.92 Å². The topological polar surface area (TPSA) is 81.9 Å². The average Bonchev–Trinajstić information content (AvgIpc) is 3.15. The molecule has 134 valence electrons. The van der Waals surface area contributed by atoms with E-state index >= 15 is 0 Å². The molecule has 0 radical (unpaired) electrons. The van der Waals surface area contributed by atoms with Gasteiger partial charge in [0.15, 0.2) is 0 Å². The lowest BCUT2D eigenvalue weighted by Gasteiger charge is -2.18. The van der Waals surface area contributed by atoms with Crippen LogP contribution in [0, 0.1) is 6.92 Å². The van der Waals surface area contributed by atoms with Crippen molar-refractivity contribution in [3.05, 3.63) is 71.0 Å². The summed E-state index contributed by atoms with van der Waals surface area (Å²) < 4.78 is 0. The normalized spacial score (nSPS) is 12.2. The molecule has 1 heterocycles. The van der Waals surface area contributed by atoms with Gasteiger partial charge in [-0.05, 0) is 48.1 Å². The molecule has 0 saturated heterocycles. The summed E-state index contributed by atoms with van der Waals surface area (Å²) in [6.07, 6.45) is 0.496. The van der Waals surface area contributed by atoms with Crippen molar-refractivity contribution in [3.63, 3.8) is 0 Å². The molecule has 0 spiro atoms. The summed E-state index contributed by atoms with van der Waals surface area (Å²) in [5, 5.41) is 17.9. The van der Waals surface area contributed by atoms with Crippen LogP contribution in [0.1, 0.15) is 48.2 Å². The number of tetrazole rings is 1. The monoisotopic (exact) mass is 348 g/mol. The highest BCUT2D eigenvalue weighted by atomic mass is 16.1. The van der Waals surface area contributed by atoms with Gasteiger partial charge in [0, 0.05) is 11.5 Å². The van der Waals surface area contributed by atoms with Crippen molar-refractivity contribution < 1.29 is 4.79 Å². The van der Waals surface area contributed by atoms with E-state index in [1.165, 1.54) is 5.56 Å². The first-order valence-electron chi connectivity index (χ1n) is 8.68. The fourth-order valence-corrected chi connectivity index (χ4v) is 2.83. The molecule has 0 aliphatic rings. The molecular weight excluding hydrogens is 326 g/mol. The number of nitrogens with one attached hydrogen (secondary N) is 1. The third-order valence-corrected chi connectivity index (χ3v) is 4.49. The molecule has 0 fully saturated rings. The van der Waals surface area contributed by atoms with Crippen molar-refractivity contribution in [1.82, 2.24) is 20.6 Å². The van der Waals surface area contributed by atoms with Gasteiger partial charge < -0.3 is 10.4 Å². The molecule has 0 aliphatic carbocycles. The van der Waals surface area contributed by atoms with E-state index in [9.17, 15) is 4.79 Å². The molecular formula is C20H22N5O-. The minimum absolute atomic E-state index is 0.166. The molecule has 6 nitrogen and oxygen atoms in total. The van der Waals surface area contributed by atoms with E-state index in [1.54, 1.807) is 0 Å². The van der Waals surface area contributed by atoms with Gasteiger partial charge in [0.1, 0.15) is 0 Å². The van der Waals surface area contributed by atoms with E-state index in [0.717, 1.165) is 16.8 Å². The molecule has 1 aromatic heterocycles. The fraction of sp³-hybridized carbons (Fsp3) is 0.300. The minimum atomic E-state index is -0.545. The van der Waals surface area contributed by atoms with Gasteiger partial charge in [0.2, 0.25) is 5.91 Å². The van der Waals surface area contributed by atoms with Crippen LogP contribution >= 0.6 is 0 Å². The van der Waals surface area contributed by atoms with Crippen molar-refractivity contribution in [2.75, 3.05) is 5.32 Å². The van der Waals surface area contributed by atoms with Gasteiger partial charge in [-0.15, -0.1) is 0 Å². The van der Waals surface area contributed by atoms with Crippen LogP contribution in [0.5, 0.6) is 0 Å². The molecule has 0 aliphatic heterocycles. The smallest absolute Gasteiger partial charge is 0.232 e. The van der Waals surface area contributed by atoms with Gasteiger partial charge in [-0.25, -0.2) is 0 Å². The van der Waals surface area contributed by atoms with Gasteiger partial charge in [0.25, 0.3) is 0 Å². The quantitative estimate of drug-likeness (QED) is 0.739. The second-order valence-corrected chi connectivity index (χ2v) is 6.69. The summed E-state index contributed by atoms with van der Waals surface area (Å²) in [5.74, 6) is 0.0733. The Morgan fingerprint density at radius 3 is 2.46 bits per heavy atom. The lowest BCUT2D eigenvalue weighted by Crippen LogP contribution is -2.24. The van der Waals surface area contributed by atoms with Crippen LogP contribution in [0.2, 0.25) is 0 Å². The molecule has 26 heavy (non-hydrogen) atoms. The van der Waals surface area contributed by atoms with Crippen LogP contribution in [0.25, 0.3) is 0 Å². The fourth-order valence-electron chi connectivity index (χ4n) is 2.83. The van der Waals surface area contributed by atoms with Gasteiger partial charge in [-0.1, -0.05) is 50.2 Å². The number of benzene rings is 2. The van der Waals surface area contributed by atoms with E-state index in [1.807, 2.05) is 55.5 Å². The van der Waals surface area contributed by atoms with Crippen molar-refractivity contribution in [3.8, 4) is 0 Å². The minimum Gasteiger partial charge on any atom is -0.335 e. The summed E-state index contributed by atoms with van der Waals surface area (Å²) in [5.41, 5.74) is 4.18. The second kappa shape index (κ2) is 7.91. The summed E-state index contributed by atoms with van der Waals surface area (Å²) >= 11 is 0. The summed E-state index contributed by atoms with van der Waals surface area (Å²) in [6.45, 7) is 6.30. The molecule has 1 atom stereocenters. The second-order valence-electron chi connectivity index (χ2n) is 6.69. The number of carbonyl (C=O) groups is 1. The van der Waals surface area contributed by atoms with Crippen molar-refractivity contribution >= 4 is 11.6 Å². The number of nitrogens with zero attached hydrogens (tertiary/aromatic N) is 4. The maximum absolute atomic E-state index is 12.9. The van der Waals surface area contributed by atoms with Crippen LogP contribution < -0.4 is 10.4 Å². The maximum atomic E-state index is 12.9. The van der Waals surface area contributed by atoms with E-state index in [2.05, 4.69) is 39.8 Å². The number of carbonyl (C=O) groups excluding carboxylic acids is 1. The Hall–Kier alpha value is -3.02. The Kier molecular flexibility index (Phi) is 5.41. The molecule has 1 N–H and O–H groups in total. The Bertz CT molecular complexity index is 856. The van der Waals surface area contributed by atoms with Crippen LogP contribution in [0.4, 0.5) is 5.69 Å². The number of rotatable bonds is 6. The number of amides is 1. The maximum Gasteiger partial charge on any atom is 0.232 e. The first kappa shape index (κ1) is 17.8. The Balaban J connectivity index is 1.80. The van der Waals surface area contributed by atoms with Crippen molar-refractivity contribution in [2.45, 2.75) is 39.0 Å². The highest BCUT2D eigenvalue weighted by Gasteiger charge is 2.21. The first-order chi connectivity index (χ1) is 12.5. The molecule has 1 amide bonds. The predicted octanol–water partition coefficient (Wildman–Crippen LogP) is 3.23. The number of aryl methyl sites for hydroxylation is 1. The summed E-state index contributed by atoms with van der Waals surface area (Å²) in [4.78, 5) is 12.9. The predicted molar refractivity (Wildman–Crippen MR) is 99.9 cm³/mol. The third kappa shape index (κ3) is 4.14. The van der Waals surface area contributed by atoms with E-state index in [0.29, 0.717) is 18.2 Å².